The van der Waals surface area contributed by atoms with E-state index in [9.17, 15) is 18.0 Å². The molecular formula is C19H14F3N5O3. The number of furan rings is 1. The number of fused-ring (bicyclic) bond motifs is 1. The molecule has 1 amide bonds. The Morgan fingerprint density at radius 2 is 1.97 bits per heavy atom. The number of nitrogens with one attached hydrogen (secondary N) is 1. The number of halogens is 3. The van der Waals surface area contributed by atoms with Gasteiger partial charge in [-0.05, 0) is 35.9 Å². The SMILES string of the molecule is COc1ccc(CNC(=O)c2nc3nc(-c4ccco4)cc(C(F)(F)F)n3n2)cc1. The number of ether oxygens (including phenoxy) is 1. The van der Waals surface area contributed by atoms with Crippen molar-refractivity contribution in [3.05, 3.63) is 65.8 Å². The first kappa shape index (κ1) is 19.4. The van der Waals surface area contributed by atoms with Crippen LogP contribution in [0.5, 0.6) is 5.75 Å². The molecule has 0 atom stereocenters. The highest BCUT2D eigenvalue weighted by Gasteiger charge is 2.36. The van der Waals surface area contributed by atoms with Gasteiger partial charge in [0.15, 0.2) is 11.5 Å². The van der Waals surface area contributed by atoms with Crippen molar-refractivity contribution < 1.29 is 27.1 Å². The minimum absolute atomic E-state index is 0.0718. The van der Waals surface area contributed by atoms with Crippen molar-refractivity contribution >= 4 is 11.7 Å². The van der Waals surface area contributed by atoms with Gasteiger partial charge in [-0.25, -0.2) is 4.98 Å². The third kappa shape index (κ3) is 3.81. The standard InChI is InChI=1S/C19H14F3N5O3/c1-29-12-6-4-11(5-7-12)10-23-17(28)16-25-18-24-13(14-3-2-8-30-14)9-15(19(20,21)22)27(18)26-16/h2-9H,10H2,1H3,(H,23,28). The van der Waals surface area contributed by atoms with Crippen molar-refractivity contribution in [1.29, 1.82) is 0 Å². The number of rotatable bonds is 5. The summed E-state index contributed by atoms with van der Waals surface area (Å²) in [6.45, 7) is 0.135. The molecule has 0 saturated heterocycles. The summed E-state index contributed by atoms with van der Waals surface area (Å²) in [5.41, 5.74) is -0.430. The van der Waals surface area contributed by atoms with Gasteiger partial charge in [0.2, 0.25) is 5.82 Å². The van der Waals surface area contributed by atoms with Crippen LogP contribution in [0.15, 0.2) is 53.1 Å². The van der Waals surface area contributed by atoms with Crippen LogP contribution in [-0.2, 0) is 12.7 Å². The van der Waals surface area contributed by atoms with Crippen molar-refractivity contribution in [1.82, 2.24) is 24.9 Å². The van der Waals surface area contributed by atoms with Crippen molar-refractivity contribution in [2.75, 3.05) is 7.11 Å². The number of carbonyl (C=O) groups excluding carboxylic acids is 1. The van der Waals surface area contributed by atoms with E-state index in [2.05, 4.69) is 20.4 Å². The Bertz CT molecular complexity index is 1180. The minimum Gasteiger partial charge on any atom is -0.497 e. The van der Waals surface area contributed by atoms with Crippen LogP contribution < -0.4 is 10.1 Å². The van der Waals surface area contributed by atoms with Gasteiger partial charge in [0, 0.05) is 6.54 Å². The Kier molecular flexibility index (Phi) is 4.86. The number of hydrogen-bond donors (Lipinski definition) is 1. The van der Waals surface area contributed by atoms with Gasteiger partial charge in [0.25, 0.3) is 11.7 Å². The molecule has 0 unspecified atom stereocenters. The summed E-state index contributed by atoms with van der Waals surface area (Å²) in [6.07, 6.45) is -3.43. The minimum atomic E-state index is -4.74. The third-order valence-electron chi connectivity index (χ3n) is 4.19. The number of aromatic nitrogens is 4. The molecule has 0 radical (unpaired) electrons. The molecular weight excluding hydrogens is 403 g/mol. The Balaban J connectivity index is 1.63. The monoisotopic (exact) mass is 417 g/mol. The molecule has 0 fully saturated rings. The highest BCUT2D eigenvalue weighted by molar-refractivity contribution is 5.90. The largest absolute Gasteiger partial charge is 0.497 e. The number of hydrogen-bond acceptors (Lipinski definition) is 6. The fraction of sp³-hybridized carbons (Fsp3) is 0.158. The number of nitrogens with zero attached hydrogens (tertiary/aromatic N) is 4. The Labute approximate surface area is 167 Å². The van der Waals surface area contributed by atoms with Crippen LogP contribution in [0.4, 0.5) is 13.2 Å². The van der Waals surface area contributed by atoms with Crippen LogP contribution in [0, 0.1) is 0 Å². The topological polar surface area (TPSA) is 94.5 Å². The highest BCUT2D eigenvalue weighted by atomic mass is 19.4. The third-order valence-corrected chi connectivity index (χ3v) is 4.19. The van der Waals surface area contributed by atoms with Crippen molar-refractivity contribution in [3.63, 3.8) is 0 Å². The smallest absolute Gasteiger partial charge is 0.433 e. The number of benzene rings is 1. The number of methoxy groups -OCH3 is 1. The molecule has 30 heavy (non-hydrogen) atoms. The average molecular weight is 417 g/mol. The lowest BCUT2D eigenvalue weighted by Gasteiger charge is -2.09. The lowest BCUT2D eigenvalue weighted by Crippen LogP contribution is -2.24. The van der Waals surface area contributed by atoms with Gasteiger partial charge in [0.1, 0.15) is 11.4 Å². The molecule has 0 spiro atoms. The molecule has 1 aromatic carbocycles. The quantitative estimate of drug-likeness (QED) is 0.535. The van der Waals surface area contributed by atoms with E-state index in [1.807, 2.05) is 0 Å². The fourth-order valence-electron chi connectivity index (χ4n) is 2.72. The molecule has 0 bridgehead atoms. The fourth-order valence-corrected chi connectivity index (χ4v) is 2.72. The second-order valence-electron chi connectivity index (χ2n) is 6.18. The summed E-state index contributed by atoms with van der Waals surface area (Å²) in [6, 6.07) is 10.7. The van der Waals surface area contributed by atoms with Crippen LogP contribution in [0.1, 0.15) is 21.9 Å². The van der Waals surface area contributed by atoms with Gasteiger partial charge in [-0.2, -0.15) is 22.7 Å². The van der Waals surface area contributed by atoms with E-state index in [-0.39, 0.29) is 23.8 Å². The van der Waals surface area contributed by atoms with Gasteiger partial charge >= 0.3 is 6.18 Å². The first-order valence-electron chi connectivity index (χ1n) is 8.65. The van der Waals surface area contributed by atoms with Gasteiger partial charge in [-0.15, -0.1) is 5.10 Å². The summed E-state index contributed by atoms with van der Waals surface area (Å²) in [5, 5.41) is 6.27. The molecule has 0 aliphatic carbocycles. The summed E-state index contributed by atoms with van der Waals surface area (Å²) in [5.74, 6) is -0.741. The molecule has 1 N–H and O–H groups in total. The zero-order valence-corrected chi connectivity index (χ0v) is 15.5. The number of alkyl halides is 3. The maximum Gasteiger partial charge on any atom is 0.433 e. The van der Waals surface area contributed by atoms with E-state index in [0.29, 0.717) is 10.3 Å². The Morgan fingerprint density at radius 3 is 2.60 bits per heavy atom. The van der Waals surface area contributed by atoms with Crippen LogP contribution in [0.2, 0.25) is 0 Å². The van der Waals surface area contributed by atoms with E-state index in [1.54, 1.807) is 24.3 Å². The van der Waals surface area contributed by atoms with E-state index < -0.39 is 23.6 Å². The first-order chi connectivity index (χ1) is 14.3. The van der Waals surface area contributed by atoms with Crippen LogP contribution in [0.3, 0.4) is 0 Å². The van der Waals surface area contributed by atoms with Crippen molar-refractivity contribution in [2.24, 2.45) is 0 Å². The van der Waals surface area contributed by atoms with E-state index in [1.165, 1.54) is 25.5 Å². The highest BCUT2D eigenvalue weighted by Crippen LogP contribution is 2.31. The molecule has 0 aliphatic rings. The summed E-state index contributed by atoms with van der Waals surface area (Å²) >= 11 is 0. The summed E-state index contributed by atoms with van der Waals surface area (Å²) in [7, 11) is 1.53. The molecule has 0 aliphatic heterocycles. The first-order valence-corrected chi connectivity index (χ1v) is 8.65. The molecule has 11 heteroatoms. The van der Waals surface area contributed by atoms with Gasteiger partial charge in [-0.3, -0.25) is 4.79 Å². The summed E-state index contributed by atoms with van der Waals surface area (Å²) in [4.78, 5) is 20.3. The van der Waals surface area contributed by atoms with Gasteiger partial charge < -0.3 is 14.5 Å². The summed E-state index contributed by atoms with van der Waals surface area (Å²) < 4.78 is 51.2. The second-order valence-corrected chi connectivity index (χ2v) is 6.18. The molecule has 3 heterocycles. The predicted molar refractivity (Wildman–Crippen MR) is 97.7 cm³/mol. The number of amides is 1. The second kappa shape index (κ2) is 7.50. The van der Waals surface area contributed by atoms with Crippen LogP contribution in [0.25, 0.3) is 17.2 Å². The van der Waals surface area contributed by atoms with E-state index in [0.717, 1.165) is 11.6 Å². The predicted octanol–water partition coefficient (Wildman–Crippen LogP) is 3.34. The molecule has 0 saturated carbocycles. The molecule has 154 valence electrons. The normalized spacial score (nSPS) is 11.6. The van der Waals surface area contributed by atoms with Gasteiger partial charge in [0.05, 0.1) is 13.4 Å². The van der Waals surface area contributed by atoms with Crippen LogP contribution >= 0.6 is 0 Å². The zero-order valence-electron chi connectivity index (χ0n) is 15.5. The van der Waals surface area contributed by atoms with Crippen molar-refractivity contribution in [2.45, 2.75) is 12.7 Å². The molecule has 8 nitrogen and oxygen atoms in total. The Hall–Kier alpha value is -3.89. The average Bonchev–Trinajstić information content (AvgIpc) is 3.40. The Morgan fingerprint density at radius 1 is 1.20 bits per heavy atom. The number of carbonyl (C=O) groups is 1. The van der Waals surface area contributed by atoms with Crippen molar-refractivity contribution in [3.8, 4) is 17.2 Å². The molecule has 4 aromatic rings. The molecule has 3 aromatic heterocycles. The van der Waals surface area contributed by atoms with E-state index >= 15 is 0 Å². The van der Waals surface area contributed by atoms with Crippen LogP contribution in [-0.4, -0.2) is 32.6 Å². The van der Waals surface area contributed by atoms with E-state index in [4.69, 9.17) is 9.15 Å². The maximum absolute atomic E-state index is 13.5. The lowest BCUT2D eigenvalue weighted by atomic mass is 10.2. The molecule has 4 rings (SSSR count). The van der Waals surface area contributed by atoms with Gasteiger partial charge in [-0.1, -0.05) is 12.1 Å². The lowest BCUT2D eigenvalue weighted by molar-refractivity contribution is -0.142. The zero-order chi connectivity index (χ0) is 21.3. The maximum atomic E-state index is 13.5.